The summed E-state index contributed by atoms with van der Waals surface area (Å²) in [4.78, 5) is 0. The van der Waals surface area contributed by atoms with Gasteiger partial charge in [0.25, 0.3) is 0 Å². The third-order valence-corrected chi connectivity index (χ3v) is 0.939. The molecule has 4 heteroatoms. The molecule has 0 unspecified atom stereocenters. The van der Waals surface area contributed by atoms with Crippen LogP contribution in [0.3, 0.4) is 0 Å². The summed E-state index contributed by atoms with van der Waals surface area (Å²) in [6.45, 7) is 5.72. The minimum atomic E-state index is 0. The van der Waals surface area contributed by atoms with Gasteiger partial charge in [0.05, 0.1) is 0 Å². The van der Waals surface area contributed by atoms with Crippen LogP contribution in [-0.4, -0.2) is 0 Å². The summed E-state index contributed by atoms with van der Waals surface area (Å²) < 4.78 is 0. The van der Waals surface area contributed by atoms with Crippen molar-refractivity contribution in [1.29, 1.82) is 0 Å². The minimum Gasteiger partial charge on any atom is -1.00 e. The fourth-order valence-electron chi connectivity index (χ4n) is 0.340. The molecular weight excluding hydrogens is 393 g/mol. The van der Waals surface area contributed by atoms with Gasteiger partial charge in [-0.25, -0.2) is 12.2 Å². The Morgan fingerprint density at radius 3 is 1.85 bits per heavy atom. The molecule has 0 spiro atoms. The Labute approximate surface area is 120 Å². The summed E-state index contributed by atoms with van der Waals surface area (Å²) in [5.74, 6) is 0. The van der Waals surface area contributed by atoms with E-state index in [4.69, 9.17) is 0 Å². The van der Waals surface area contributed by atoms with Gasteiger partial charge >= 0.3 is 0 Å². The molecule has 0 radical (unpaired) electrons. The summed E-state index contributed by atoms with van der Waals surface area (Å²) in [7, 11) is 0. The van der Waals surface area contributed by atoms with Crippen molar-refractivity contribution in [3.63, 3.8) is 0 Å². The molecule has 0 fully saturated rings. The maximum absolute atomic E-state index is 3.60. The third kappa shape index (κ3) is 31.9. The fraction of sp³-hybridized carbons (Fsp3) is 0.444. The first kappa shape index (κ1) is 29.2. The first-order chi connectivity index (χ1) is 4.41. The summed E-state index contributed by atoms with van der Waals surface area (Å²) >= 11 is 0. The molecule has 0 aromatic rings. The molecular formula is C9H14Cl3Hf-5. The molecule has 0 heterocycles. The molecule has 0 aliphatic heterocycles. The second-order valence-corrected chi connectivity index (χ2v) is 1.86. The second kappa shape index (κ2) is 29.2. The maximum Gasteiger partial charge on any atom is 0 e. The number of allylic oxidation sites excluding steroid dienone is 4. The van der Waals surface area contributed by atoms with Crippen LogP contribution in [-0.2, 0) is 25.8 Å². The van der Waals surface area contributed by atoms with Gasteiger partial charge in [0.2, 0.25) is 0 Å². The molecule has 1 aliphatic rings. The van der Waals surface area contributed by atoms with Gasteiger partial charge < -0.3 is 44.1 Å². The molecule has 0 atom stereocenters. The van der Waals surface area contributed by atoms with Crippen LogP contribution in [0.25, 0.3) is 0 Å². The predicted molar refractivity (Wildman–Crippen MR) is 41.8 cm³/mol. The molecule has 0 aromatic heterocycles. The molecule has 0 nitrogen and oxygen atoms in total. The maximum atomic E-state index is 3.60. The van der Waals surface area contributed by atoms with Crippen LogP contribution in [0.15, 0.2) is 18.2 Å². The molecule has 13 heavy (non-hydrogen) atoms. The zero-order valence-electron chi connectivity index (χ0n) is 7.69. The number of unbranched alkanes of at least 4 members (excludes halogenated alkanes) is 1. The number of hydrogen-bond donors (Lipinski definition) is 0. The second-order valence-electron chi connectivity index (χ2n) is 1.86. The third-order valence-electron chi connectivity index (χ3n) is 0.939. The van der Waals surface area contributed by atoms with Crippen molar-refractivity contribution < 1.29 is 63.1 Å². The topological polar surface area (TPSA) is 0 Å². The smallest absolute Gasteiger partial charge is 0 e. The minimum absolute atomic E-state index is 0. The molecule has 1 rings (SSSR count). The van der Waals surface area contributed by atoms with Crippen LogP contribution in [0, 0.1) is 13.0 Å². The normalized spacial score (nSPS) is 9.08. The average molecular weight is 407 g/mol. The molecule has 0 amide bonds. The van der Waals surface area contributed by atoms with E-state index < -0.39 is 0 Å². The molecule has 0 aromatic carbocycles. The Kier molecular flexibility index (Phi) is 65.7. The van der Waals surface area contributed by atoms with E-state index in [-0.39, 0.29) is 63.1 Å². The molecule has 80 valence electrons. The van der Waals surface area contributed by atoms with E-state index in [1.807, 2.05) is 12.2 Å². The Morgan fingerprint density at radius 1 is 1.31 bits per heavy atom. The van der Waals surface area contributed by atoms with Gasteiger partial charge in [-0.3, -0.25) is 6.08 Å². The van der Waals surface area contributed by atoms with Crippen molar-refractivity contribution in [3.05, 3.63) is 31.2 Å². The van der Waals surface area contributed by atoms with E-state index >= 15 is 0 Å². The predicted octanol–water partition coefficient (Wildman–Crippen LogP) is -6.06. The first-order valence-electron chi connectivity index (χ1n) is 3.42. The molecule has 0 bridgehead atoms. The van der Waals surface area contributed by atoms with Crippen LogP contribution < -0.4 is 37.2 Å². The number of halogens is 3. The van der Waals surface area contributed by atoms with E-state index in [1.54, 1.807) is 0 Å². The average Bonchev–Trinajstić information content (AvgIpc) is 2.43. The number of rotatable bonds is 1. The monoisotopic (exact) mass is 407 g/mol. The van der Waals surface area contributed by atoms with Crippen LogP contribution in [0.1, 0.15) is 26.2 Å². The standard InChI is InChI=1S/C5H5.C4H9.3ClH.Hf/c1-2-4-5-3-1;1-3-4-2;;;;/h1-3H,4H2;1,3-4H2,2H3;3*1H;/q2*-1;;;;/p-3. The molecule has 0 N–H and O–H groups in total. The summed E-state index contributed by atoms with van der Waals surface area (Å²) in [5, 5.41) is 0. The van der Waals surface area contributed by atoms with Crippen molar-refractivity contribution in [2.24, 2.45) is 0 Å². The van der Waals surface area contributed by atoms with Gasteiger partial charge in [0, 0.05) is 25.8 Å². The van der Waals surface area contributed by atoms with Crippen molar-refractivity contribution >= 4 is 0 Å². The van der Waals surface area contributed by atoms with Crippen LogP contribution >= 0.6 is 0 Å². The zero-order chi connectivity index (χ0) is 6.95. The number of hydrogen-bond acceptors (Lipinski definition) is 0. The van der Waals surface area contributed by atoms with Gasteiger partial charge in [-0.05, 0) is 0 Å². The van der Waals surface area contributed by atoms with Crippen molar-refractivity contribution in [2.75, 3.05) is 0 Å². The van der Waals surface area contributed by atoms with E-state index in [0.29, 0.717) is 0 Å². The molecule has 0 saturated heterocycles. The van der Waals surface area contributed by atoms with Crippen molar-refractivity contribution in [3.8, 4) is 0 Å². The van der Waals surface area contributed by atoms with Gasteiger partial charge in [-0.1, -0.05) is 13.3 Å². The molecule has 1 aliphatic carbocycles. The largest absolute Gasteiger partial charge is 1.00 e. The van der Waals surface area contributed by atoms with Gasteiger partial charge in [-0.2, -0.15) is 12.5 Å². The van der Waals surface area contributed by atoms with Gasteiger partial charge in [-0.15, -0.1) is 6.42 Å². The van der Waals surface area contributed by atoms with Gasteiger partial charge in [0.1, 0.15) is 0 Å². The zero-order valence-corrected chi connectivity index (χ0v) is 13.6. The van der Waals surface area contributed by atoms with E-state index in [0.717, 1.165) is 12.8 Å². The Balaban J connectivity index is -0.0000000256. The summed E-state index contributed by atoms with van der Waals surface area (Å²) in [5.41, 5.74) is 0. The van der Waals surface area contributed by atoms with E-state index in [2.05, 4.69) is 26.0 Å². The van der Waals surface area contributed by atoms with Crippen LogP contribution in [0.5, 0.6) is 0 Å². The van der Waals surface area contributed by atoms with Gasteiger partial charge in [0.15, 0.2) is 0 Å². The first-order valence-corrected chi connectivity index (χ1v) is 3.42. The SMILES string of the molecule is [C-]1=CC=CC1.[CH2-]CCC.[Cl-].[Cl-].[Cl-].[Hf]. The van der Waals surface area contributed by atoms with Crippen molar-refractivity contribution in [2.45, 2.75) is 26.2 Å². The summed E-state index contributed by atoms with van der Waals surface area (Å²) in [6.07, 6.45) is 12.3. The van der Waals surface area contributed by atoms with Crippen LogP contribution in [0.2, 0.25) is 0 Å². The van der Waals surface area contributed by atoms with E-state index in [1.165, 1.54) is 6.42 Å². The van der Waals surface area contributed by atoms with E-state index in [9.17, 15) is 0 Å². The Bertz CT molecular complexity index is 91.0. The molecule has 0 saturated carbocycles. The fourth-order valence-corrected chi connectivity index (χ4v) is 0.340. The quantitative estimate of drug-likeness (QED) is 0.300. The Morgan fingerprint density at radius 2 is 1.77 bits per heavy atom. The van der Waals surface area contributed by atoms with Crippen LogP contribution in [0.4, 0.5) is 0 Å². The Hall–Kier alpha value is 1.22. The summed E-state index contributed by atoms with van der Waals surface area (Å²) in [6, 6.07) is 0. The van der Waals surface area contributed by atoms with Crippen molar-refractivity contribution in [1.82, 2.24) is 0 Å².